The number of hydrogen-bond donors (Lipinski definition) is 0. The summed E-state index contributed by atoms with van der Waals surface area (Å²) in [6.45, 7) is 3.75. The van der Waals surface area contributed by atoms with Gasteiger partial charge in [0.15, 0.2) is 0 Å². The molecule has 0 N–H and O–H groups in total. The topological polar surface area (TPSA) is 63.7 Å². The van der Waals surface area contributed by atoms with Crippen LogP contribution in [0.3, 0.4) is 0 Å². The van der Waals surface area contributed by atoms with Crippen molar-refractivity contribution in [3.63, 3.8) is 0 Å². The Morgan fingerprint density at radius 3 is 2.35 bits per heavy atom. The predicted molar refractivity (Wildman–Crippen MR) is 81.5 cm³/mol. The zero-order valence-corrected chi connectivity index (χ0v) is 13.9. The number of nitrogens with zero attached hydrogens (tertiary/aromatic N) is 1. The van der Waals surface area contributed by atoms with E-state index in [0.717, 1.165) is 19.3 Å². The van der Waals surface area contributed by atoms with Gasteiger partial charge in [0.05, 0.1) is 12.6 Å². The highest BCUT2D eigenvalue weighted by Crippen LogP contribution is 2.35. The van der Waals surface area contributed by atoms with Crippen molar-refractivity contribution in [2.45, 2.75) is 58.8 Å². The lowest BCUT2D eigenvalue weighted by atomic mass is 9.75. The lowest BCUT2D eigenvalue weighted by molar-refractivity contribution is -0.201. The van der Waals surface area contributed by atoms with Crippen LogP contribution in [0, 0.1) is 23.7 Å². The van der Waals surface area contributed by atoms with Gasteiger partial charge in [-0.2, -0.15) is 0 Å². The van der Waals surface area contributed by atoms with Crippen molar-refractivity contribution in [1.29, 1.82) is 0 Å². The summed E-state index contributed by atoms with van der Waals surface area (Å²) in [5.74, 6) is -1.19. The van der Waals surface area contributed by atoms with Crippen molar-refractivity contribution in [2.75, 3.05) is 6.67 Å². The fourth-order valence-corrected chi connectivity index (χ4v) is 3.79. The van der Waals surface area contributed by atoms with E-state index in [2.05, 4.69) is 0 Å². The maximum atomic E-state index is 13.1. The largest absolute Gasteiger partial charge is 0.336 e. The van der Waals surface area contributed by atoms with Crippen molar-refractivity contribution in [3.8, 4) is 0 Å². The number of imide groups is 1. The lowest BCUT2D eigenvalue weighted by Gasteiger charge is -2.31. The second kappa shape index (κ2) is 7.88. The third-order valence-corrected chi connectivity index (χ3v) is 5.02. The van der Waals surface area contributed by atoms with Crippen LogP contribution in [0.1, 0.15) is 58.8 Å². The van der Waals surface area contributed by atoms with Gasteiger partial charge in [-0.05, 0) is 43.4 Å². The smallest absolute Gasteiger partial charge is 0.330 e. The van der Waals surface area contributed by atoms with Crippen molar-refractivity contribution in [2.24, 2.45) is 23.7 Å². The van der Waals surface area contributed by atoms with Crippen molar-refractivity contribution >= 4 is 17.8 Å². The number of halogens is 1. The first kappa shape index (κ1) is 17.9. The number of carbonyl (C=O) groups excluding carboxylic acids is 3. The zero-order chi connectivity index (χ0) is 17.0. The van der Waals surface area contributed by atoms with Gasteiger partial charge in [-0.1, -0.05) is 20.3 Å². The molecule has 1 aliphatic heterocycles. The average molecular weight is 327 g/mol. The fourth-order valence-electron chi connectivity index (χ4n) is 3.79. The van der Waals surface area contributed by atoms with Gasteiger partial charge in [0, 0.05) is 12.8 Å². The number of hydroxylamine groups is 2. The normalized spacial score (nSPS) is 32.6. The van der Waals surface area contributed by atoms with Crippen molar-refractivity contribution < 1.29 is 23.6 Å². The summed E-state index contributed by atoms with van der Waals surface area (Å²) in [6, 6.07) is 0. The second-order valence-electron chi connectivity index (χ2n) is 7.03. The number of rotatable bonds is 4. The van der Waals surface area contributed by atoms with Crippen LogP contribution in [0.15, 0.2) is 0 Å². The molecule has 2 fully saturated rings. The maximum absolute atomic E-state index is 13.1. The molecule has 1 aliphatic carbocycles. The first-order valence-corrected chi connectivity index (χ1v) is 8.58. The molecular weight excluding hydrogens is 301 g/mol. The highest BCUT2D eigenvalue weighted by Gasteiger charge is 2.37. The predicted octanol–water partition coefficient (Wildman–Crippen LogP) is 3.03. The Morgan fingerprint density at radius 1 is 1.13 bits per heavy atom. The molecule has 6 heteroatoms. The van der Waals surface area contributed by atoms with E-state index >= 15 is 0 Å². The Hall–Kier alpha value is -1.46. The molecule has 4 unspecified atom stereocenters. The summed E-state index contributed by atoms with van der Waals surface area (Å²) in [6.07, 6.45) is 3.87. The molecule has 0 radical (unpaired) electrons. The number of alkyl halides is 1. The number of hydrogen-bond acceptors (Lipinski definition) is 4. The number of amides is 2. The third-order valence-electron chi connectivity index (χ3n) is 5.02. The molecule has 2 aliphatic rings. The van der Waals surface area contributed by atoms with Gasteiger partial charge in [-0.15, -0.1) is 5.06 Å². The van der Waals surface area contributed by atoms with E-state index in [-0.39, 0.29) is 43.2 Å². The molecule has 1 saturated heterocycles. The van der Waals surface area contributed by atoms with Crippen LogP contribution in [0.25, 0.3) is 0 Å². The van der Waals surface area contributed by atoms with Gasteiger partial charge in [0.25, 0.3) is 11.8 Å². The Morgan fingerprint density at radius 2 is 1.78 bits per heavy atom. The third kappa shape index (κ3) is 4.52. The first-order valence-electron chi connectivity index (χ1n) is 8.58. The van der Waals surface area contributed by atoms with Crippen LogP contribution >= 0.6 is 0 Å². The van der Waals surface area contributed by atoms with E-state index in [1.54, 1.807) is 0 Å². The molecular formula is C17H26FNO4. The molecule has 0 aromatic rings. The molecule has 130 valence electrons. The van der Waals surface area contributed by atoms with E-state index in [0.29, 0.717) is 17.9 Å². The minimum absolute atomic E-state index is 0.0636. The Labute approximate surface area is 136 Å². The summed E-state index contributed by atoms with van der Waals surface area (Å²) >= 11 is 0. The molecule has 23 heavy (non-hydrogen) atoms. The van der Waals surface area contributed by atoms with Gasteiger partial charge >= 0.3 is 5.97 Å². The van der Waals surface area contributed by atoms with Crippen LogP contribution < -0.4 is 0 Å². The minimum Gasteiger partial charge on any atom is -0.330 e. The average Bonchev–Trinajstić information content (AvgIpc) is 2.81. The lowest BCUT2D eigenvalue weighted by Crippen LogP contribution is -2.36. The Bertz CT molecular complexity index is 452. The molecule has 0 spiro atoms. The van der Waals surface area contributed by atoms with Gasteiger partial charge in [0.2, 0.25) is 0 Å². The highest BCUT2D eigenvalue weighted by atomic mass is 19.1. The highest BCUT2D eigenvalue weighted by molar-refractivity contribution is 6.01. The van der Waals surface area contributed by atoms with E-state index in [4.69, 9.17) is 4.84 Å². The number of carbonyl (C=O) groups is 3. The van der Waals surface area contributed by atoms with Crippen molar-refractivity contribution in [3.05, 3.63) is 0 Å². The standard InChI is InChI=1S/C17H26FNO4/c1-3-12-8-13(10-18)6-11(2)7-14(9-12)17(22)23-19-15(20)4-5-16(19)21/h11-14H,3-10H2,1-2H3. The van der Waals surface area contributed by atoms with Crippen LogP contribution in [0.4, 0.5) is 4.39 Å². The molecule has 1 heterocycles. The van der Waals surface area contributed by atoms with Crippen molar-refractivity contribution in [1.82, 2.24) is 5.06 Å². The van der Waals surface area contributed by atoms with E-state index in [1.165, 1.54) is 0 Å². The summed E-state index contributed by atoms with van der Waals surface area (Å²) in [5.41, 5.74) is 0. The fraction of sp³-hybridized carbons (Fsp3) is 0.824. The first-order chi connectivity index (χ1) is 10.9. The van der Waals surface area contributed by atoms with E-state index in [1.807, 2.05) is 13.8 Å². The molecule has 5 nitrogen and oxygen atoms in total. The molecule has 0 aromatic carbocycles. The summed E-state index contributed by atoms with van der Waals surface area (Å²) in [4.78, 5) is 40.7. The van der Waals surface area contributed by atoms with Crippen LogP contribution in [0.5, 0.6) is 0 Å². The molecule has 2 rings (SSSR count). The zero-order valence-electron chi connectivity index (χ0n) is 13.9. The van der Waals surface area contributed by atoms with Crippen LogP contribution in [-0.4, -0.2) is 29.5 Å². The maximum Gasteiger partial charge on any atom is 0.336 e. The van der Waals surface area contributed by atoms with Crippen LogP contribution in [-0.2, 0) is 19.2 Å². The second-order valence-corrected chi connectivity index (χ2v) is 7.03. The van der Waals surface area contributed by atoms with E-state index in [9.17, 15) is 18.8 Å². The molecule has 0 aromatic heterocycles. The molecule has 4 atom stereocenters. The van der Waals surface area contributed by atoms with Gasteiger partial charge in [-0.3, -0.25) is 14.0 Å². The molecule has 0 bridgehead atoms. The van der Waals surface area contributed by atoms with Gasteiger partial charge in [0.1, 0.15) is 0 Å². The van der Waals surface area contributed by atoms with Gasteiger partial charge in [-0.25, -0.2) is 4.79 Å². The Kier molecular flexibility index (Phi) is 6.13. The summed E-state index contributed by atoms with van der Waals surface area (Å²) in [7, 11) is 0. The minimum atomic E-state index is -0.502. The quantitative estimate of drug-likeness (QED) is 0.745. The van der Waals surface area contributed by atoms with Crippen LogP contribution in [0.2, 0.25) is 0 Å². The van der Waals surface area contributed by atoms with E-state index < -0.39 is 17.8 Å². The summed E-state index contributed by atoms with van der Waals surface area (Å²) < 4.78 is 13.1. The monoisotopic (exact) mass is 327 g/mol. The summed E-state index contributed by atoms with van der Waals surface area (Å²) in [5, 5.41) is 0.622. The Balaban J connectivity index is 2.02. The molecule has 2 amide bonds. The van der Waals surface area contributed by atoms with Gasteiger partial charge < -0.3 is 4.84 Å². The SMILES string of the molecule is CCC1CC(CF)CC(C)CC(C(=O)ON2C(=O)CCC2=O)C1. The molecule has 1 saturated carbocycles.